The van der Waals surface area contributed by atoms with Crippen LogP contribution in [0.15, 0.2) is 42.0 Å². The van der Waals surface area contributed by atoms with Crippen LogP contribution in [-0.2, 0) is 4.79 Å². The molecule has 5 rings (SSSR count). The van der Waals surface area contributed by atoms with Crippen molar-refractivity contribution < 1.29 is 32.7 Å². The summed E-state index contributed by atoms with van der Waals surface area (Å²) in [6.07, 6.45) is 11.2. The molecule has 0 saturated heterocycles. The number of fused-ring (bicyclic) bond motifs is 5. The highest BCUT2D eigenvalue weighted by Crippen LogP contribution is 2.66. The number of carbonyl (C=O) groups excluding carboxylic acids is 1. The Kier molecular flexibility index (Phi) is 8.41. The van der Waals surface area contributed by atoms with Crippen molar-refractivity contribution in [2.24, 2.45) is 34.5 Å². The minimum absolute atomic E-state index is 0. The van der Waals surface area contributed by atoms with E-state index in [4.69, 9.17) is 0 Å². The molecule has 1 aromatic carbocycles. The van der Waals surface area contributed by atoms with Gasteiger partial charge in [-0.1, -0.05) is 55.8 Å². The van der Waals surface area contributed by atoms with Gasteiger partial charge in [-0.3, -0.25) is 4.79 Å². The topological polar surface area (TPSA) is 74.1 Å². The van der Waals surface area contributed by atoms with E-state index in [0.717, 1.165) is 50.1 Å². The van der Waals surface area contributed by atoms with E-state index in [-0.39, 0.29) is 41.3 Å². The average Bonchev–Trinajstić information content (AvgIpc) is 3.21. The molecule has 3 saturated carbocycles. The summed E-state index contributed by atoms with van der Waals surface area (Å²) < 4.78 is 0. The average molecular weight is 516 g/mol. The number of aliphatic hydroxyl groups excluding tert-OH is 2. The number of Topliss-reactive ketones (excluding diaryl/α,β-unsaturated/α-hetero) is 1. The fraction of sp³-hybridized carbons (Fsp3) is 0.710. The van der Waals surface area contributed by atoms with E-state index < -0.39 is 6.10 Å². The van der Waals surface area contributed by atoms with Crippen LogP contribution in [0.25, 0.3) is 0 Å². The first-order valence-corrected chi connectivity index (χ1v) is 14.2. The van der Waals surface area contributed by atoms with Gasteiger partial charge in [-0.15, -0.1) is 0 Å². The number of ketones is 1. The lowest BCUT2D eigenvalue weighted by atomic mass is 9.47. The Morgan fingerprint density at radius 3 is 2.58 bits per heavy atom. The van der Waals surface area contributed by atoms with E-state index >= 15 is 0 Å². The second-order valence-corrected chi connectivity index (χ2v) is 12.8. The fourth-order valence-electron chi connectivity index (χ4n) is 8.92. The molecule has 3 fully saturated rings. The first-order valence-electron chi connectivity index (χ1n) is 14.2. The summed E-state index contributed by atoms with van der Waals surface area (Å²) in [7, 11) is 0. The molecule has 0 bridgehead atoms. The summed E-state index contributed by atoms with van der Waals surface area (Å²) in [6, 6.07) is 9.85. The maximum Gasteiger partial charge on any atom is 0.142 e. The molecule has 0 spiro atoms. The van der Waals surface area contributed by atoms with E-state index in [1.807, 2.05) is 37.3 Å². The smallest absolute Gasteiger partial charge is 0.142 e. The molecular formula is C31H46ClNO3. The maximum atomic E-state index is 13.5. The van der Waals surface area contributed by atoms with E-state index in [1.165, 1.54) is 24.8 Å². The Balaban J connectivity index is 0.00000304. The largest absolute Gasteiger partial charge is 1.00 e. The molecule has 0 heterocycles. The van der Waals surface area contributed by atoms with Gasteiger partial charge in [-0.05, 0) is 92.4 Å². The molecule has 9 unspecified atom stereocenters. The van der Waals surface area contributed by atoms with Crippen LogP contribution < -0.4 is 17.7 Å². The summed E-state index contributed by atoms with van der Waals surface area (Å²) in [4.78, 5) is 13.5. The lowest BCUT2D eigenvalue weighted by molar-refractivity contribution is -0.693. The number of benzene rings is 1. The molecule has 9 atom stereocenters. The van der Waals surface area contributed by atoms with Gasteiger partial charge in [0.05, 0.1) is 19.1 Å². The lowest BCUT2D eigenvalue weighted by Crippen LogP contribution is -3.00. The van der Waals surface area contributed by atoms with Crippen LogP contribution in [-0.4, -0.2) is 34.7 Å². The normalized spacial score (nSPS) is 39.0. The monoisotopic (exact) mass is 515 g/mol. The van der Waals surface area contributed by atoms with Crippen LogP contribution >= 0.6 is 0 Å². The molecule has 4 aliphatic carbocycles. The van der Waals surface area contributed by atoms with Gasteiger partial charge in [0, 0.05) is 5.92 Å². The van der Waals surface area contributed by atoms with Gasteiger partial charge in [0.15, 0.2) is 0 Å². The summed E-state index contributed by atoms with van der Waals surface area (Å²) in [6.45, 7) is 7.70. The third-order valence-corrected chi connectivity index (χ3v) is 11.0. The van der Waals surface area contributed by atoms with Crippen LogP contribution in [0.2, 0.25) is 0 Å². The molecule has 0 aliphatic heterocycles. The van der Waals surface area contributed by atoms with Gasteiger partial charge in [-0.2, -0.15) is 0 Å². The SMILES string of the molecule is CC([NH2+]CCC(=O)C1CCC2C3CC=C4CC(O)CCC4(C)C3CCC12C)C(O)c1ccccc1.[Cl-]. The number of hydrogen-bond acceptors (Lipinski definition) is 3. The van der Waals surface area contributed by atoms with Crippen LogP contribution in [0.3, 0.4) is 0 Å². The number of allylic oxidation sites excluding steroid dienone is 1. The zero-order valence-electron chi connectivity index (χ0n) is 22.3. The Morgan fingerprint density at radius 2 is 1.83 bits per heavy atom. The molecule has 0 aromatic heterocycles. The van der Waals surface area contributed by atoms with Crippen molar-refractivity contribution in [2.45, 2.75) is 96.8 Å². The molecule has 36 heavy (non-hydrogen) atoms. The maximum absolute atomic E-state index is 13.5. The molecule has 4 N–H and O–H groups in total. The standard InChI is InChI=1S/C31H45NO3.ClH/c1-20(29(35)21-7-5-4-6-8-21)32-18-15-28(34)27-12-11-25-24-10-9-22-19-23(33)13-16-30(22,2)26(24)14-17-31(25,27)3;/h4-9,20,23-27,29,32-33,35H,10-19H2,1-3H3;1H. The molecule has 4 nitrogen and oxygen atoms in total. The number of hydrogen-bond donors (Lipinski definition) is 3. The number of halogens is 1. The molecular weight excluding hydrogens is 470 g/mol. The second kappa shape index (κ2) is 10.9. The molecule has 4 aliphatic rings. The highest BCUT2D eigenvalue weighted by molar-refractivity contribution is 5.82. The highest BCUT2D eigenvalue weighted by atomic mass is 35.5. The van der Waals surface area contributed by atoms with Crippen LogP contribution in [0.4, 0.5) is 0 Å². The third kappa shape index (κ3) is 4.84. The van der Waals surface area contributed by atoms with Crippen molar-refractivity contribution in [3.8, 4) is 0 Å². The van der Waals surface area contributed by atoms with Gasteiger partial charge in [-0.25, -0.2) is 0 Å². The molecule has 1 aromatic rings. The summed E-state index contributed by atoms with van der Waals surface area (Å²) in [5, 5.41) is 23.0. The van der Waals surface area contributed by atoms with Gasteiger partial charge in [0.2, 0.25) is 0 Å². The Morgan fingerprint density at radius 1 is 1.08 bits per heavy atom. The van der Waals surface area contributed by atoms with Gasteiger partial charge < -0.3 is 27.9 Å². The summed E-state index contributed by atoms with van der Waals surface area (Å²) >= 11 is 0. The predicted octanol–water partition coefficient (Wildman–Crippen LogP) is 1.58. The van der Waals surface area contributed by atoms with Crippen molar-refractivity contribution in [1.82, 2.24) is 0 Å². The molecule has 0 radical (unpaired) electrons. The number of aliphatic hydroxyl groups is 2. The minimum Gasteiger partial charge on any atom is -1.00 e. The fourth-order valence-corrected chi connectivity index (χ4v) is 8.92. The van der Waals surface area contributed by atoms with Crippen LogP contribution in [0, 0.1) is 34.5 Å². The first-order chi connectivity index (χ1) is 16.7. The molecule has 200 valence electrons. The lowest BCUT2D eigenvalue weighted by Gasteiger charge is -2.58. The number of quaternary nitrogens is 1. The molecule has 0 amide bonds. The zero-order valence-corrected chi connectivity index (χ0v) is 23.1. The van der Waals surface area contributed by atoms with Crippen molar-refractivity contribution in [1.29, 1.82) is 0 Å². The summed E-state index contributed by atoms with van der Waals surface area (Å²) in [5.74, 6) is 2.71. The minimum atomic E-state index is -0.513. The quantitative estimate of drug-likeness (QED) is 0.483. The van der Waals surface area contributed by atoms with Crippen molar-refractivity contribution in [2.75, 3.05) is 6.54 Å². The van der Waals surface area contributed by atoms with Crippen LogP contribution in [0.5, 0.6) is 0 Å². The number of nitrogens with two attached hydrogens (primary N) is 1. The Bertz CT molecular complexity index is 950. The highest BCUT2D eigenvalue weighted by Gasteiger charge is 2.59. The number of rotatable bonds is 7. The summed E-state index contributed by atoms with van der Waals surface area (Å²) in [5.41, 5.74) is 2.87. The second-order valence-electron chi connectivity index (χ2n) is 12.8. The van der Waals surface area contributed by atoms with Crippen molar-refractivity contribution in [3.05, 3.63) is 47.5 Å². The van der Waals surface area contributed by atoms with Gasteiger partial charge in [0.1, 0.15) is 17.9 Å². The van der Waals surface area contributed by atoms with E-state index in [1.54, 1.807) is 0 Å². The predicted molar refractivity (Wildman–Crippen MR) is 138 cm³/mol. The Hall–Kier alpha value is -1.20. The van der Waals surface area contributed by atoms with Crippen molar-refractivity contribution >= 4 is 5.78 Å². The van der Waals surface area contributed by atoms with E-state index in [0.29, 0.717) is 24.0 Å². The third-order valence-electron chi connectivity index (χ3n) is 11.0. The van der Waals surface area contributed by atoms with Gasteiger partial charge >= 0.3 is 0 Å². The zero-order chi connectivity index (χ0) is 24.8. The van der Waals surface area contributed by atoms with E-state index in [9.17, 15) is 15.0 Å². The molecule has 5 heteroatoms. The van der Waals surface area contributed by atoms with Gasteiger partial charge in [0.25, 0.3) is 0 Å². The van der Waals surface area contributed by atoms with Crippen molar-refractivity contribution in [3.63, 3.8) is 0 Å². The van der Waals surface area contributed by atoms with E-state index in [2.05, 4.69) is 25.2 Å². The first kappa shape index (κ1) is 27.8. The van der Waals surface area contributed by atoms with Crippen LogP contribution in [0.1, 0.15) is 90.2 Å². The Labute approximate surface area is 223 Å². The number of carbonyl (C=O) groups is 1.